The van der Waals surface area contributed by atoms with Crippen LogP contribution in [0.1, 0.15) is 28.3 Å². The number of nitrogens with zero attached hydrogens (tertiary/aromatic N) is 1. The van der Waals surface area contributed by atoms with Crippen LogP contribution in [0, 0.1) is 6.92 Å². The van der Waals surface area contributed by atoms with Crippen LogP contribution >= 0.6 is 27.3 Å². The molecule has 3 nitrogen and oxygen atoms in total. The summed E-state index contributed by atoms with van der Waals surface area (Å²) in [4.78, 5) is 5.62. The van der Waals surface area contributed by atoms with Gasteiger partial charge in [0, 0.05) is 47.3 Å². The molecule has 0 amide bonds. The Morgan fingerprint density at radius 3 is 2.64 bits per heavy atom. The van der Waals surface area contributed by atoms with Crippen molar-refractivity contribution in [1.29, 1.82) is 0 Å². The predicted molar refractivity (Wildman–Crippen MR) is 94.4 cm³/mol. The van der Waals surface area contributed by atoms with E-state index in [0.717, 1.165) is 48.6 Å². The highest BCUT2D eigenvalue weighted by Crippen LogP contribution is 2.35. The van der Waals surface area contributed by atoms with Gasteiger partial charge >= 0.3 is 0 Å². The van der Waals surface area contributed by atoms with E-state index in [1.54, 1.807) is 11.3 Å². The molecule has 0 atom stereocenters. The number of thiazole rings is 1. The molecule has 0 aliphatic carbocycles. The number of rotatable bonds is 5. The molecule has 1 saturated heterocycles. The Hall–Kier alpha value is -0.750. The van der Waals surface area contributed by atoms with Crippen LogP contribution in [0.5, 0.6) is 0 Å². The van der Waals surface area contributed by atoms with E-state index in [0.29, 0.717) is 0 Å². The van der Waals surface area contributed by atoms with Gasteiger partial charge in [-0.25, -0.2) is 4.98 Å². The molecule has 0 spiro atoms. The SMILES string of the molecule is Cc1ncc(CNCC2(c3ccc(Br)cc3)CCOCC2)s1. The molecule has 0 saturated carbocycles. The second kappa shape index (κ2) is 7.21. The Bertz CT molecular complexity index is 605. The molecule has 0 unspecified atom stereocenters. The summed E-state index contributed by atoms with van der Waals surface area (Å²) < 4.78 is 6.72. The number of benzene rings is 1. The zero-order chi connectivity index (χ0) is 15.4. The standard InChI is InChI=1S/C17H21BrN2OS/c1-13-20-11-16(22-13)10-19-12-17(6-8-21-9-7-17)14-2-4-15(18)5-3-14/h2-5,11,19H,6-10,12H2,1H3. The molecular weight excluding hydrogens is 360 g/mol. The molecule has 1 N–H and O–H groups in total. The molecule has 2 aromatic rings. The first kappa shape index (κ1) is 16.1. The van der Waals surface area contributed by atoms with E-state index >= 15 is 0 Å². The maximum Gasteiger partial charge on any atom is 0.0897 e. The molecule has 1 aromatic carbocycles. The van der Waals surface area contributed by atoms with E-state index < -0.39 is 0 Å². The summed E-state index contributed by atoms with van der Waals surface area (Å²) in [6.07, 6.45) is 4.12. The molecule has 0 bridgehead atoms. The van der Waals surface area contributed by atoms with Gasteiger partial charge in [0.2, 0.25) is 0 Å². The van der Waals surface area contributed by atoms with Gasteiger partial charge in [-0.3, -0.25) is 0 Å². The summed E-state index contributed by atoms with van der Waals surface area (Å²) in [6, 6.07) is 8.76. The molecule has 0 radical (unpaired) electrons. The number of aryl methyl sites for hydroxylation is 1. The summed E-state index contributed by atoms with van der Waals surface area (Å²) in [5, 5.41) is 4.77. The van der Waals surface area contributed by atoms with Crippen LogP contribution in [0.4, 0.5) is 0 Å². The van der Waals surface area contributed by atoms with Crippen molar-refractivity contribution in [3.8, 4) is 0 Å². The van der Waals surface area contributed by atoms with Gasteiger partial charge in [0.1, 0.15) is 0 Å². The topological polar surface area (TPSA) is 34.2 Å². The van der Waals surface area contributed by atoms with Crippen molar-refractivity contribution in [3.63, 3.8) is 0 Å². The lowest BCUT2D eigenvalue weighted by atomic mass is 9.74. The Kier molecular flexibility index (Phi) is 5.29. The second-order valence-electron chi connectivity index (χ2n) is 5.85. The molecule has 5 heteroatoms. The average molecular weight is 381 g/mol. The van der Waals surface area contributed by atoms with Crippen molar-refractivity contribution in [2.24, 2.45) is 0 Å². The number of ether oxygens (including phenoxy) is 1. The van der Waals surface area contributed by atoms with Crippen LogP contribution in [0.25, 0.3) is 0 Å². The van der Waals surface area contributed by atoms with Crippen molar-refractivity contribution >= 4 is 27.3 Å². The fraction of sp³-hybridized carbons (Fsp3) is 0.471. The molecule has 1 aliphatic heterocycles. The van der Waals surface area contributed by atoms with Gasteiger partial charge in [0.05, 0.1) is 5.01 Å². The van der Waals surface area contributed by atoms with E-state index in [9.17, 15) is 0 Å². The Labute approximate surface area is 144 Å². The van der Waals surface area contributed by atoms with Crippen molar-refractivity contribution in [3.05, 3.63) is 50.4 Å². The molecule has 1 aromatic heterocycles. The first-order valence-electron chi connectivity index (χ1n) is 7.64. The van der Waals surface area contributed by atoms with Crippen molar-refractivity contribution in [2.75, 3.05) is 19.8 Å². The number of nitrogens with one attached hydrogen (secondary N) is 1. The van der Waals surface area contributed by atoms with Crippen molar-refractivity contribution in [1.82, 2.24) is 10.3 Å². The Morgan fingerprint density at radius 2 is 2.00 bits per heavy atom. The molecule has 118 valence electrons. The predicted octanol–water partition coefficient (Wildman–Crippen LogP) is 4.05. The van der Waals surface area contributed by atoms with Gasteiger partial charge in [-0.1, -0.05) is 28.1 Å². The molecule has 22 heavy (non-hydrogen) atoms. The van der Waals surface area contributed by atoms with Gasteiger partial charge in [-0.15, -0.1) is 11.3 Å². The average Bonchev–Trinajstić information content (AvgIpc) is 2.94. The molecule has 2 heterocycles. The zero-order valence-electron chi connectivity index (χ0n) is 12.8. The van der Waals surface area contributed by atoms with Gasteiger partial charge in [0.25, 0.3) is 0 Å². The number of hydrogen-bond donors (Lipinski definition) is 1. The van der Waals surface area contributed by atoms with Crippen LogP contribution in [-0.4, -0.2) is 24.7 Å². The third kappa shape index (κ3) is 3.77. The summed E-state index contributed by atoms with van der Waals surface area (Å²) in [6.45, 7) is 5.62. The Morgan fingerprint density at radius 1 is 1.27 bits per heavy atom. The van der Waals surface area contributed by atoms with Crippen molar-refractivity contribution < 1.29 is 4.74 Å². The van der Waals surface area contributed by atoms with Gasteiger partial charge in [0.15, 0.2) is 0 Å². The maximum atomic E-state index is 5.59. The van der Waals surface area contributed by atoms with Gasteiger partial charge in [-0.05, 0) is 37.5 Å². The molecule has 1 aliphatic rings. The number of halogens is 1. The van der Waals surface area contributed by atoms with Gasteiger partial charge in [-0.2, -0.15) is 0 Å². The fourth-order valence-electron chi connectivity index (χ4n) is 3.05. The summed E-state index contributed by atoms with van der Waals surface area (Å²) in [5.74, 6) is 0. The van der Waals surface area contributed by atoms with Gasteiger partial charge < -0.3 is 10.1 Å². The lowest BCUT2D eigenvalue weighted by molar-refractivity contribution is 0.0498. The molecule has 1 fully saturated rings. The van der Waals surface area contributed by atoms with E-state index in [4.69, 9.17) is 4.74 Å². The van der Waals surface area contributed by atoms with E-state index in [2.05, 4.69) is 57.4 Å². The van der Waals surface area contributed by atoms with E-state index in [1.807, 2.05) is 6.20 Å². The summed E-state index contributed by atoms with van der Waals surface area (Å²) in [7, 11) is 0. The third-order valence-corrected chi connectivity index (χ3v) is 5.78. The minimum absolute atomic E-state index is 0.179. The summed E-state index contributed by atoms with van der Waals surface area (Å²) >= 11 is 5.29. The zero-order valence-corrected chi connectivity index (χ0v) is 15.2. The number of hydrogen-bond acceptors (Lipinski definition) is 4. The maximum absolute atomic E-state index is 5.59. The quantitative estimate of drug-likeness (QED) is 0.849. The lowest BCUT2D eigenvalue weighted by Crippen LogP contribution is -2.42. The molecule has 3 rings (SSSR count). The summed E-state index contributed by atoms with van der Waals surface area (Å²) in [5.41, 5.74) is 1.59. The first-order chi connectivity index (χ1) is 10.7. The highest BCUT2D eigenvalue weighted by Gasteiger charge is 2.34. The number of aromatic nitrogens is 1. The molecular formula is C17H21BrN2OS. The second-order valence-corrected chi connectivity index (χ2v) is 8.08. The van der Waals surface area contributed by atoms with E-state index in [-0.39, 0.29) is 5.41 Å². The first-order valence-corrected chi connectivity index (χ1v) is 9.25. The van der Waals surface area contributed by atoms with Crippen molar-refractivity contribution in [2.45, 2.75) is 31.7 Å². The van der Waals surface area contributed by atoms with Crippen LogP contribution in [0.3, 0.4) is 0 Å². The van der Waals surface area contributed by atoms with Crippen LogP contribution < -0.4 is 5.32 Å². The van der Waals surface area contributed by atoms with Crippen LogP contribution in [-0.2, 0) is 16.7 Å². The van der Waals surface area contributed by atoms with E-state index in [1.165, 1.54) is 10.4 Å². The minimum atomic E-state index is 0.179. The monoisotopic (exact) mass is 380 g/mol. The smallest absolute Gasteiger partial charge is 0.0897 e. The third-order valence-electron chi connectivity index (χ3n) is 4.34. The normalized spacial score (nSPS) is 17.5. The lowest BCUT2D eigenvalue weighted by Gasteiger charge is -2.38. The highest BCUT2D eigenvalue weighted by molar-refractivity contribution is 9.10. The Balaban J connectivity index is 1.70. The largest absolute Gasteiger partial charge is 0.381 e. The van der Waals surface area contributed by atoms with Crippen LogP contribution in [0.15, 0.2) is 34.9 Å². The highest BCUT2D eigenvalue weighted by atomic mass is 79.9. The van der Waals surface area contributed by atoms with Crippen LogP contribution in [0.2, 0.25) is 0 Å². The minimum Gasteiger partial charge on any atom is -0.381 e. The fourth-order valence-corrected chi connectivity index (χ4v) is 4.07.